The molecule has 3 nitrogen and oxygen atoms in total. The normalized spacial score (nSPS) is 22.4. The van der Waals surface area contributed by atoms with Crippen molar-refractivity contribution in [3.63, 3.8) is 0 Å². The molecule has 0 aliphatic carbocycles. The SMILES string of the molecule is Cc1csc(C2C[C@@H](N)c3cc(Cl)ccc3O2)n1. The molecule has 18 heavy (non-hydrogen) atoms. The van der Waals surface area contributed by atoms with Crippen LogP contribution in [0.3, 0.4) is 0 Å². The zero-order valence-electron chi connectivity index (χ0n) is 9.89. The lowest BCUT2D eigenvalue weighted by atomic mass is 9.97. The highest BCUT2D eigenvalue weighted by Crippen LogP contribution is 2.41. The summed E-state index contributed by atoms with van der Waals surface area (Å²) in [5, 5.41) is 3.71. The molecule has 2 aromatic rings. The van der Waals surface area contributed by atoms with E-state index in [2.05, 4.69) is 4.98 Å². The fourth-order valence-electron chi connectivity index (χ4n) is 2.15. The number of rotatable bonds is 1. The quantitative estimate of drug-likeness (QED) is 0.868. The van der Waals surface area contributed by atoms with Gasteiger partial charge in [0.25, 0.3) is 0 Å². The molecule has 2 heterocycles. The molecule has 1 unspecified atom stereocenters. The Morgan fingerprint density at radius 3 is 3.06 bits per heavy atom. The van der Waals surface area contributed by atoms with Gasteiger partial charge in [0, 0.05) is 34.1 Å². The van der Waals surface area contributed by atoms with Crippen LogP contribution in [0.4, 0.5) is 0 Å². The molecule has 0 spiro atoms. The standard InChI is InChI=1S/C13H13ClN2OS/c1-7-6-18-13(16-7)12-5-10(15)9-4-8(14)2-3-11(9)17-12/h2-4,6,10,12H,5,15H2,1H3/t10-,12?/m1/s1. The van der Waals surface area contributed by atoms with Gasteiger partial charge in [-0.3, -0.25) is 0 Å². The largest absolute Gasteiger partial charge is 0.483 e. The molecule has 1 aliphatic rings. The average Bonchev–Trinajstić information content (AvgIpc) is 2.77. The van der Waals surface area contributed by atoms with E-state index in [9.17, 15) is 0 Å². The lowest BCUT2D eigenvalue weighted by Crippen LogP contribution is -2.24. The van der Waals surface area contributed by atoms with Gasteiger partial charge >= 0.3 is 0 Å². The number of fused-ring (bicyclic) bond motifs is 1. The zero-order valence-corrected chi connectivity index (χ0v) is 11.5. The van der Waals surface area contributed by atoms with E-state index in [0.717, 1.165) is 28.4 Å². The Morgan fingerprint density at radius 1 is 1.50 bits per heavy atom. The van der Waals surface area contributed by atoms with Gasteiger partial charge in [0.15, 0.2) is 6.10 Å². The Hall–Kier alpha value is -1.10. The maximum Gasteiger partial charge on any atom is 0.152 e. The van der Waals surface area contributed by atoms with E-state index in [-0.39, 0.29) is 12.1 Å². The first-order valence-corrected chi connectivity index (χ1v) is 7.03. The predicted molar refractivity (Wildman–Crippen MR) is 73.2 cm³/mol. The first kappa shape index (κ1) is 12.0. The number of halogens is 1. The lowest BCUT2D eigenvalue weighted by Gasteiger charge is -2.29. The van der Waals surface area contributed by atoms with Crippen LogP contribution in [-0.2, 0) is 0 Å². The van der Waals surface area contributed by atoms with Gasteiger partial charge in [0.1, 0.15) is 10.8 Å². The first-order chi connectivity index (χ1) is 8.63. The number of hydrogen-bond acceptors (Lipinski definition) is 4. The van der Waals surface area contributed by atoms with Crippen molar-refractivity contribution < 1.29 is 4.74 Å². The smallest absolute Gasteiger partial charge is 0.152 e. The molecule has 2 atom stereocenters. The van der Waals surface area contributed by atoms with Crippen LogP contribution < -0.4 is 10.5 Å². The van der Waals surface area contributed by atoms with Gasteiger partial charge in [0.2, 0.25) is 0 Å². The summed E-state index contributed by atoms with van der Waals surface area (Å²) in [5.74, 6) is 0.816. The van der Waals surface area contributed by atoms with E-state index in [1.807, 2.05) is 30.5 Å². The van der Waals surface area contributed by atoms with Crippen LogP contribution >= 0.6 is 22.9 Å². The molecule has 0 fully saturated rings. The highest BCUT2D eigenvalue weighted by atomic mass is 35.5. The molecular formula is C13H13ClN2OS. The van der Waals surface area contributed by atoms with E-state index in [0.29, 0.717) is 5.02 Å². The van der Waals surface area contributed by atoms with Gasteiger partial charge < -0.3 is 10.5 Å². The molecule has 0 bridgehead atoms. The molecule has 0 radical (unpaired) electrons. The number of aromatic nitrogens is 1. The second kappa shape index (κ2) is 4.53. The van der Waals surface area contributed by atoms with E-state index in [4.69, 9.17) is 22.1 Å². The maximum absolute atomic E-state index is 6.19. The van der Waals surface area contributed by atoms with Crippen LogP contribution in [0.2, 0.25) is 5.02 Å². The summed E-state index contributed by atoms with van der Waals surface area (Å²) < 4.78 is 5.97. The van der Waals surface area contributed by atoms with Crippen molar-refractivity contribution in [3.05, 3.63) is 44.9 Å². The summed E-state index contributed by atoms with van der Waals surface area (Å²) in [7, 11) is 0. The third-order valence-corrected chi connectivity index (χ3v) is 4.31. The van der Waals surface area contributed by atoms with Gasteiger partial charge in [-0.05, 0) is 25.1 Å². The Morgan fingerprint density at radius 2 is 2.33 bits per heavy atom. The van der Waals surface area contributed by atoms with Gasteiger partial charge in [0.05, 0.1) is 0 Å². The molecule has 1 aromatic heterocycles. The zero-order chi connectivity index (χ0) is 12.7. The minimum atomic E-state index is -0.0540. The third-order valence-electron chi connectivity index (χ3n) is 3.02. The third kappa shape index (κ3) is 2.11. The van der Waals surface area contributed by atoms with Crippen LogP contribution in [0.1, 0.15) is 34.8 Å². The summed E-state index contributed by atoms with van der Waals surface area (Å²) in [4.78, 5) is 4.47. The van der Waals surface area contributed by atoms with Crippen molar-refractivity contribution in [2.24, 2.45) is 5.73 Å². The van der Waals surface area contributed by atoms with Crippen LogP contribution in [0.25, 0.3) is 0 Å². The van der Waals surface area contributed by atoms with E-state index >= 15 is 0 Å². The van der Waals surface area contributed by atoms with Crippen LogP contribution in [0.5, 0.6) is 5.75 Å². The topological polar surface area (TPSA) is 48.1 Å². The van der Waals surface area contributed by atoms with Gasteiger partial charge in [-0.2, -0.15) is 0 Å². The summed E-state index contributed by atoms with van der Waals surface area (Å²) in [6, 6.07) is 5.53. The van der Waals surface area contributed by atoms with Crippen molar-refractivity contribution in [2.45, 2.75) is 25.5 Å². The number of nitrogens with zero attached hydrogens (tertiary/aromatic N) is 1. The van der Waals surface area contributed by atoms with Crippen LogP contribution in [-0.4, -0.2) is 4.98 Å². The first-order valence-electron chi connectivity index (χ1n) is 5.77. The molecule has 2 N–H and O–H groups in total. The van der Waals surface area contributed by atoms with Crippen molar-refractivity contribution in [3.8, 4) is 5.75 Å². The van der Waals surface area contributed by atoms with Crippen molar-refractivity contribution >= 4 is 22.9 Å². The van der Waals surface area contributed by atoms with Crippen molar-refractivity contribution in [2.75, 3.05) is 0 Å². The fourth-order valence-corrected chi connectivity index (χ4v) is 3.16. The van der Waals surface area contributed by atoms with Crippen LogP contribution in [0, 0.1) is 6.92 Å². The molecule has 0 saturated heterocycles. The average molecular weight is 281 g/mol. The molecule has 0 saturated carbocycles. The second-order valence-corrected chi connectivity index (χ2v) is 5.78. The number of nitrogens with two attached hydrogens (primary N) is 1. The summed E-state index contributed by atoms with van der Waals surface area (Å²) in [5.41, 5.74) is 8.19. The Bertz CT molecular complexity index is 584. The summed E-state index contributed by atoms with van der Waals surface area (Å²) in [6.07, 6.45) is 0.688. The van der Waals surface area contributed by atoms with E-state index < -0.39 is 0 Å². The predicted octanol–water partition coefficient (Wildman–Crippen LogP) is 3.63. The number of benzene rings is 1. The number of hydrogen-bond donors (Lipinski definition) is 1. The molecule has 1 aliphatic heterocycles. The Kier molecular flexibility index (Phi) is 3.01. The molecule has 94 valence electrons. The molecular weight excluding hydrogens is 268 g/mol. The molecule has 1 aromatic carbocycles. The minimum Gasteiger partial charge on any atom is -0.483 e. The summed E-state index contributed by atoms with van der Waals surface area (Å²) in [6.45, 7) is 1.98. The fraction of sp³-hybridized carbons (Fsp3) is 0.308. The monoisotopic (exact) mass is 280 g/mol. The molecule has 3 rings (SSSR count). The molecule has 0 amide bonds. The Balaban J connectivity index is 1.94. The second-order valence-electron chi connectivity index (χ2n) is 4.46. The minimum absolute atomic E-state index is 0.0487. The van der Waals surface area contributed by atoms with E-state index in [1.54, 1.807) is 11.3 Å². The number of ether oxygens (including phenoxy) is 1. The highest BCUT2D eigenvalue weighted by Gasteiger charge is 2.28. The van der Waals surface area contributed by atoms with Gasteiger partial charge in [-0.25, -0.2) is 4.98 Å². The van der Waals surface area contributed by atoms with Crippen molar-refractivity contribution in [1.29, 1.82) is 0 Å². The number of aryl methyl sites for hydroxylation is 1. The van der Waals surface area contributed by atoms with Crippen molar-refractivity contribution in [1.82, 2.24) is 4.98 Å². The van der Waals surface area contributed by atoms with Gasteiger partial charge in [-0.1, -0.05) is 11.6 Å². The highest BCUT2D eigenvalue weighted by molar-refractivity contribution is 7.09. The maximum atomic E-state index is 6.19. The number of thiazole rings is 1. The van der Waals surface area contributed by atoms with Crippen LogP contribution in [0.15, 0.2) is 23.6 Å². The Labute approximate surface area is 115 Å². The van der Waals surface area contributed by atoms with Gasteiger partial charge in [-0.15, -0.1) is 11.3 Å². The molecule has 5 heteroatoms. The summed E-state index contributed by atoms with van der Waals surface area (Å²) >= 11 is 7.60. The van der Waals surface area contributed by atoms with E-state index in [1.165, 1.54) is 0 Å². The lowest BCUT2D eigenvalue weighted by molar-refractivity contribution is 0.161.